The summed E-state index contributed by atoms with van der Waals surface area (Å²) in [7, 11) is 2.09. The van der Waals surface area contributed by atoms with Gasteiger partial charge < -0.3 is 25.0 Å². The monoisotopic (exact) mass is 557 g/mol. The largest absolute Gasteiger partial charge is 0.389 e. The molecule has 0 unspecified atom stereocenters. The van der Waals surface area contributed by atoms with Crippen molar-refractivity contribution < 1.29 is 18.6 Å². The van der Waals surface area contributed by atoms with Crippen LogP contribution in [0.2, 0.25) is 0 Å². The molecular formula is C29H41F2N7O2. The number of imidazole rings is 1. The first-order chi connectivity index (χ1) is 19.1. The number of ether oxygens (including phenoxy) is 1. The number of para-hydroxylation sites is 2. The average molecular weight is 558 g/mol. The minimum Gasteiger partial charge on any atom is -0.389 e. The van der Waals surface area contributed by atoms with Crippen molar-refractivity contribution in [2.75, 3.05) is 50.1 Å². The number of aromatic nitrogens is 4. The third kappa shape index (κ3) is 6.53. The fourth-order valence-corrected chi connectivity index (χ4v) is 6.03. The zero-order chi connectivity index (χ0) is 28.4. The molecule has 1 atom stereocenters. The number of nitrogens with one attached hydrogen (secondary N) is 1. The average Bonchev–Trinajstić information content (AvgIpc) is 3.32. The lowest BCUT2D eigenvalue weighted by atomic mass is 9.85. The van der Waals surface area contributed by atoms with E-state index in [4.69, 9.17) is 14.7 Å². The van der Waals surface area contributed by atoms with Crippen molar-refractivity contribution in [2.45, 2.75) is 70.6 Å². The van der Waals surface area contributed by atoms with Gasteiger partial charge in [0, 0.05) is 31.7 Å². The highest BCUT2D eigenvalue weighted by Crippen LogP contribution is 2.31. The van der Waals surface area contributed by atoms with E-state index in [-0.39, 0.29) is 11.9 Å². The van der Waals surface area contributed by atoms with Gasteiger partial charge in [-0.15, -0.1) is 0 Å². The van der Waals surface area contributed by atoms with Crippen LogP contribution in [-0.2, 0) is 4.74 Å². The molecule has 40 heavy (non-hydrogen) atoms. The third-order valence-electron chi connectivity index (χ3n) is 8.00. The van der Waals surface area contributed by atoms with E-state index in [0.29, 0.717) is 73.4 Å². The molecule has 0 radical (unpaired) electrons. The maximum Gasteiger partial charge on any atom is 0.296 e. The van der Waals surface area contributed by atoms with Crippen molar-refractivity contribution in [1.29, 1.82) is 0 Å². The van der Waals surface area contributed by atoms with E-state index in [2.05, 4.69) is 34.1 Å². The summed E-state index contributed by atoms with van der Waals surface area (Å²) in [5.41, 5.74) is 0.367. The maximum atomic E-state index is 14.2. The van der Waals surface area contributed by atoms with Crippen LogP contribution in [0.4, 0.5) is 20.5 Å². The molecule has 0 spiro atoms. The minimum atomic E-state index is -2.76. The Morgan fingerprint density at radius 2 is 1.85 bits per heavy atom. The van der Waals surface area contributed by atoms with Crippen LogP contribution < -0.4 is 10.2 Å². The quantitative estimate of drug-likeness (QED) is 0.393. The van der Waals surface area contributed by atoms with Crippen LogP contribution in [0.1, 0.15) is 58.7 Å². The van der Waals surface area contributed by atoms with Gasteiger partial charge in [0.15, 0.2) is 5.82 Å². The summed E-state index contributed by atoms with van der Waals surface area (Å²) >= 11 is 0. The zero-order valence-electron chi connectivity index (χ0n) is 23.9. The van der Waals surface area contributed by atoms with Gasteiger partial charge in [-0.2, -0.15) is 9.97 Å². The van der Waals surface area contributed by atoms with Crippen molar-refractivity contribution in [2.24, 2.45) is 5.92 Å². The molecule has 2 N–H and O–H groups in total. The highest BCUT2D eigenvalue weighted by Gasteiger charge is 2.28. The first-order valence-electron chi connectivity index (χ1n) is 14.2. The molecule has 2 aliphatic rings. The van der Waals surface area contributed by atoms with Crippen molar-refractivity contribution in [3.05, 3.63) is 36.2 Å². The molecule has 3 aromatic rings. The molecule has 0 bridgehead atoms. The molecule has 1 saturated carbocycles. The third-order valence-corrected chi connectivity index (χ3v) is 8.00. The highest BCUT2D eigenvalue weighted by molar-refractivity contribution is 5.78. The Morgan fingerprint density at radius 1 is 1.12 bits per heavy atom. The first kappa shape index (κ1) is 28.6. The van der Waals surface area contributed by atoms with E-state index < -0.39 is 12.0 Å². The molecule has 1 aliphatic heterocycles. The number of fused-ring (bicyclic) bond motifs is 1. The van der Waals surface area contributed by atoms with Gasteiger partial charge in [0.05, 0.1) is 35.9 Å². The summed E-state index contributed by atoms with van der Waals surface area (Å²) in [4.78, 5) is 18.2. The SMILES string of the molecule is C[C@@H]1COCCN1c1cc(-n2c(C(F)F)nc3ccccc32)nc(NC[C@H]2CC[C@H](N(C)CC(C)(C)O)CC2)n1. The Bertz CT molecular complexity index is 1290. The van der Waals surface area contributed by atoms with Crippen molar-refractivity contribution in [3.8, 4) is 5.82 Å². The van der Waals surface area contributed by atoms with Crippen LogP contribution in [0.15, 0.2) is 30.3 Å². The second-order valence-electron chi connectivity index (χ2n) is 11.9. The number of nitrogens with zero attached hydrogens (tertiary/aromatic N) is 6. The molecular weight excluding hydrogens is 516 g/mol. The van der Waals surface area contributed by atoms with E-state index in [1.807, 2.05) is 19.9 Å². The maximum absolute atomic E-state index is 14.2. The molecule has 3 heterocycles. The van der Waals surface area contributed by atoms with Gasteiger partial charge in [-0.05, 0) is 71.6 Å². The Kier molecular flexibility index (Phi) is 8.53. The predicted molar refractivity (Wildman–Crippen MR) is 152 cm³/mol. The molecule has 11 heteroatoms. The second kappa shape index (κ2) is 11.9. The molecule has 1 aromatic carbocycles. The number of hydrogen-bond donors (Lipinski definition) is 2. The molecule has 5 rings (SSSR count). The van der Waals surface area contributed by atoms with Crippen LogP contribution in [0.25, 0.3) is 16.9 Å². The number of hydrogen-bond acceptors (Lipinski definition) is 8. The first-order valence-corrected chi connectivity index (χ1v) is 14.2. The minimum absolute atomic E-state index is 0.0922. The predicted octanol–water partition coefficient (Wildman–Crippen LogP) is 4.65. The fraction of sp³-hybridized carbons (Fsp3) is 0.621. The summed E-state index contributed by atoms with van der Waals surface area (Å²) in [6, 6.07) is 9.45. The van der Waals surface area contributed by atoms with Crippen LogP contribution in [0.5, 0.6) is 0 Å². The van der Waals surface area contributed by atoms with Crippen LogP contribution in [0.3, 0.4) is 0 Å². The van der Waals surface area contributed by atoms with Gasteiger partial charge in [0.2, 0.25) is 5.95 Å². The van der Waals surface area contributed by atoms with Crippen LogP contribution in [-0.4, -0.2) is 87.1 Å². The number of morpholine rings is 1. The highest BCUT2D eigenvalue weighted by atomic mass is 19.3. The van der Waals surface area contributed by atoms with Gasteiger partial charge in [0.25, 0.3) is 6.43 Å². The summed E-state index contributed by atoms with van der Waals surface area (Å²) in [5.74, 6) is 1.59. The smallest absolute Gasteiger partial charge is 0.296 e. The summed E-state index contributed by atoms with van der Waals surface area (Å²) in [6.07, 6.45) is 1.49. The van der Waals surface area contributed by atoms with E-state index >= 15 is 0 Å². The van der Waals surface area contributed by atoms with E-state index in [0.717, 1.165) is 25.7 Å². The number of anilines is 2. The van der Waals surface area contributed by atoms with Gasteiger partial charge >= 0.3 is 0 Å². The standard InChI is InChI=1S/C29H41F2N7O2/c1-19-17-40-14-13-37(19)24-15-25(38-23-8-6-5-7-22(23)33-27(38)26(30)31)35-28(34-24)32-16-20-9-11-21(12-10-20)36(4)18-29(2,3)39/h5-8,15,19-21,26,39H,9-14,16-18H2,1-4H3,(H,32,34,35)/t19-,20-,21-/m1/s1. The second-order valence-corrected chi connectivity index (χ2v) is 11.9. The van der Waals surface area contributed by atoms with Gasteiger partial charge in [-0.25, -0.2) is 13.8 Å². The Labute approximate surface area is 234 Å². The molecule has 9 nitrogen and oxygen atoms in total. The van der Waals surface area contributed by atoms with E-state index in [1.165, 1.54) is 4.57 Å². The number of halogens is 2. The van der Waals surface area contributed by atoms with Crippen molar-refractivity contribution in [1.82, 2.24) is 24.4 Å². The molecule has 1 saturated heterocycles. The van der Waals surface area contributed by atoms with Crippen molar-refractivity contribution in [3.63, 3.8) is 0 Å². The Balaban J connectivity index is 1.39. The lowest BCUT2D eigenvalue weighted by molar-refractivity contribution is 0.0228. The molecule has 2 fully saturated rings. The van der Waals surface area contributed by atoms with Gasteiger partial charge in [0.1, 0.15) is 11.6 Å². The molecule has 2 aromatic heterocycles. The van der Waals surface area contributed by atoms with Crippen LogP contribution >= 0.6 is 0 Å². The summed E-state index contributed by atoms with van der Waals surface area (Å²) in [6.45, 7) is 8.91. The van der Waals surface area contributed by atoms with Crippen molar-refractivity contribution >= 4 is 22.8 Å². The lowest BCUT2D eigenvalue weighted by Crippen LogP contribution is -2.44. The zero-order valence-corrected chi connectivity index (χ0v) is 23.9. The molecule has 218 valence electrons. The Hall–Kier alpha value is -2.89. The molecule has 1 aliphatic carbocycles. The Morgan fingerprint density at radius 3 is 2.55 bits per heavy atom. The van der Waals surface area contributed by atoms with E-state index in [1.54, 1.807) is 24.3 Å². The number of likely N-dealkylation sites (N-methyl/N-ethyl adjacent to an activating group) is 1. The summed E-state index contributed by atoms with van der Waals surface area (Å²) < 4.78 is 35.4. The van der Waals surface area contributed by atoms with Gasteiger partial charge in [-0.1, -0.05) is 12.1 Å². The van der Waals surface area contributed by atoms with E-state index in [9.17, 15) is 13.9 Å². The topological polar surface area (TPSA) is 91.6 Å². The van der Waals surface area contributed by atoms with Crippen LogP contribution in [0, 0.1) is 5.92 Å². The lowest BCUT2D eigenvalue weighted by Gasteiger charge is -2.37. The molecule has 0 amide bonds. The number of benzene rings is 1. The summed E-state index contributed by atoms with van der Waals surface area (Å²) in [5, 5.41) is 13.6. The number of aliphatic hydroxyl groups is 1. The fourth-order valence-electron chi connectivity index (χ4n) is 6.03. The van der Waals surface area contributed by atoms with Gasteiger partial charge in [-0.3, -0.25) is 4.57 Å². The normalized spacial score (nSPS) is 22.4. The number of alkyl halides is 2. The number of rotatable bonds is 9.